The van der Waals surface area contributed by atoms with Gasteiger partial charge in [-0.15, -0.1) is 0 Å². The Morgan fingerprint density at radius 2 is 1.60 bits per heavy atom. The van der Waals surface area contributed by atoms with Crippen LogP contribution in [-0.2, 0) is 16.1 Å². The van der Waals surface area contributed by atoms with E-state index in [2.05, 4.69) is 80.0 Å². The van der Waals surface area contributed by atoms with Crippen LogP contribution in [0.25, 0.3) is 22.2 Å². The van der Waals surface area contributed by atoms with E-state index >= 15 is 0 Å². The number of nitrogens with one attached hydrogen (secondary N) is 1. The van der Waals surface area contributed by atoms with E-state index < -0.39 is 8.24 Å². The summed E-state index contributed by atoms with van der Waals surface area (Å²) in [5.74, 6) is -0.664. The maximum Gasteiger partial charge on any atom is 0.259 e. The van der Waals surface area contributed by atoms with Crippen LogP contribution in [0.15, 0.2) is 43.0 Å². The molecule has 1 N–H and O–H groups in total. The predicted molar refractivity (Wildman–Crippen MR) is 145 cm³/mol. The molecular formula is C28H38N4O2Si. The van der Waals surface area contributed by atoms with Crippen molar-refractivity contribution in [2.45, 2.75) is 84.5 Å². The number of amides is 2. The summed E-state index contributed by atoms with van der Waals surface area (Å²) in [5.41, 5.74) is 4.92. The minimum Gasteiger partial charge on any atom is -0.379 e. The van der Waals surface area contributed by atoms with Crippen molar-refractivity contribution in [3.63, 3.8) is 0 Å². The van der Waals surface area contributed by atoms with Gasteiger partial charge in [0.25, 0.3) is 11.8 Å². The van der Waals surface area contributed by atoms with Gasteiger partial charge in [0.15, 0.2) is 8.24 Å². The summed E-state index contributed by atoms with van der Waals surface area (Å²) in [7, 11) is -1.97. The lowest BCUT2D eigenvalue weighted by molar-refractivity contribution is -0.122. The number of hydrogen-bond donors (Lipinski definition) is 1. The second kappa shape index (κ2) is 9.61. The van der Waals surface area contributed by atoms with Crippen molar-refractivity contribution in [2.24, 2.45) is 0 Å². The number of carbonyl (C=O) groups is 2. The first kappa shape index (κ1) is 25.2. The van der Waals surface area contributed by atoms with Gasteiger partial charge in [0.2, 0.25) is 0 Å². The Balaban J connectivity index is 1.92. The van der Waals surface area contributed by atoms with Crippen LogP contribution in [0.3, 0.4) is 0 Å². The van der Waals surface area contributed by atoms with Gasteiger partial charge < -0.3 is 8.80 Å². The lowest BCUT2D eigenvalue weighted by atomic mass is 9.98. The molecule has 0 spiro atoms. The van der Waals surface area contributed by atoms with Crippen LogP contribution in [0.5, 0.6) is 0 Å². The highest BCUT2D eigenvalue weighted by Crippen LogP contribution is 2.44. The molecule has 4 heterocycles. The Morgan fingerprint density at radius 1 is 0.943 bits per heavy atom. The van der Waals surface area contributed by atoms with E-state index in [1.165, 1.54) is 0 Å². The SMILES string of the molecule is CCCCn1cc(C2=C(c3ccn([Si](C(C)C)(C(C)C)C(C)C)c3)C(=O)NC2=O)c2cccnc21. The maximum absolute atomic E-state index is 13.1. The third-order valence-electron chi connectivity index (χ3n) is 7.79. The number of fused-ring (bicyclic) bond motifs is 1. The fourth-order valence-electron chi connectivity index (χ4n) is 6.49. The first-order chi connectivity index (χ1) is 16.6. The molecule has 186 valence electrons. The molecule has 0 bridgehead atoms. The lowest BCUT2D eigenvalue weighted by Crippen LogP contribution is -2.51. The number of unbranched alkanes of at least 4 members (excludes halogenated alkanes) is 1. The van der Waals surface area contributed by atoms with E-state index in [-0.39, 0.29) is 11.8 Å². The van der Waals surface area contributed by atoms with Crippen molar-refractivity contribution >= 4 is 42.2 Å². The first-order valence-electron chi connectivity index (χ1n) is 12.9. The van der Waals surface area contributed by atoms with Gasteiger partial charge in [0, 0.05) is 41.6 Å². The summed E-state index contributed by atoms with van der Waals surface area (Å²) >= 11 is 0. The van der Waals surface area contributed by atoms with Crippen LogP contribution in [0, 0.1) is 0 Å². The lowest BCUT2D eigenvalue weighted by Gasteiger charge is -2.44. The molecule has 2 amide bonds. The van der Waals surface area contributed by atoms with Gasteiger partial charge in [-0.1, -0.05) is 54.9 Å². The topological polar surface area (TPSA) is 68.9 Å². The van der Waals surface area contributed by atoms with E-state index in [4.69, 9.17) is 0 Å². The van der Waals surface area contributed by atoms with Crippen LogP contribution in [0.4, 0.5) is 0 Å². The zero-order valence-corrected chi connectivity index (χ0v) is 23.1. The summed E-state index contributed by atoms with van der Waals surface area (Å²) in [5, 5.41) is 3.47. The van der Waals surface area contributed by atoms with E-state index in [1.807, 2.05) is 24.4 Å². The standard InChI is InChI=1S/C28H38N4O2Si/c1-8-9-14-31-17-23(22-11-10-13-29-26(22)31)25-24(27(33)30-28(25)34)21-12-15-32(16-21)35(18(2)3,19(4)5)20(6)7/h10-13,15-20H,8-9,14H2,1-7H3,(H,30,33,34). The number of aryl methyl sites for hydroxylation is 1. The van der Waals surface area contributed by atoms with Crippen LogP contribution < -0.4 is 5.32 Å². The zero-order chi connectivity index (χ0) is 25.5. The molecule has 35 heavy (non-hydrogen) atoms. The Kier molecular flexibility index (Phi) is 6.91. The average Bonchev–Trinajstić information content (AvgIpc) is 3.47. The molecule has 1 aliphatic heterocycles. The Hall–Kier alpha value is -2.93. The van der Waals surface area contributed by atoms with Crippen LogP contribution in [0.2, 0.25) is 16.6 Å². The molecule has 4 rings (SSSR count). The van der Waals surface area contributed by atoms with Gasteiger partial charge in [-0.05, 0) is 47.4 Å². The van der Waals surface area contributed by atoms with Crippen molar-refractivity contribution in [1.29, 1.82) is 0 Å². The highest BCUT2D eigenvalue weighted by atomic mass is 28.3. The Bertz CT molecular complexity index is 1270. The molecule has 3 aromatic heterocycles. The first-order valence-corrected chi connectivity index (χ1v) is 15.0. The number of imide groups is 1. The minimum absolute atomic E-state index is 0.327. The summed E-state index contributed by atoms with van der Waals surface area (Å²) in [6, 6.07) is 5.88. The molecular weight excluding hydrogens is 452 g/mol. The summed E-state index contributed by atoms with van der Waals surface area (Å²) < 4.78 is 4.52. The molecule has 0 aliphatic carbocycles. The van der Waals surface area contributed by atoms with Crippen LogP contribution in [0.1, 0.15) is 72.4 Å². The van der Waals surface area contributed by atoms with Crippen molar-refractivity contribution in [3.05, 3.63) is 54.1 Å². The fourth-order valence-corrected chi connectivity index (χ4v) is 13.0. The smallest absolute Gasteiger partial charge is 0.259 e. The van der Waals surface area contributed by atoms with Crippen molar-refractivity contribution in [3.8, 4) is 0 Å². The van der Waals surface area contributed by atoms with Gasteiger partial charge in [-0.3, -0.25) is 14.9 Å². The number of aromatic nitrogens is 3. The molecule has 7 heteroatoms. The van der Waals surface area contributed by atoms with E-state index in [1.54, 1.807) is 6.20 Å². The third kappa shape index (κ3) is 3.99. The number of hydrogen-bond acceptors (Lipinski definition) is 3. The van der Waals surface area contributed by atoms with E-state index in [9.17, 15) is 9.59 Å². The summed E-state index contributed by atoms with van der Waals surface area (Å²) in [4.78, 5) is 30.9. The number of carbonyl (C=O) groups excluding carboxylic acids is 2. The zero-order valence-electron chi connectivity index (χ0n) is 22.1. The molecule has 0 saturated heterocycles. The van der Waals surface area contributed by atoms with Gasteiger partial charge in [0.05, 0.1) is 11.1 Å². The van der Waals surface area contributed by atoms with E-state index in [0.29, 0.717) is 27.8 Å². The molecule has 0 atom stereocenters. The molecule has 1 aliphatic rings. The molecule has 3 aromatic rings. The second-order valence-electron chi connectivity index (χ2n) is 10.7. The molecule has 0 saturated carbocycles. The van der Waals surface area contributed by atoms with Crippen molar-refractivity contribution in [1.82, 2.24) is 19.1 Å². The molecule has 0 aromatic carbocycles. The normalized spacial score (nSPS) is 14.9. The van der Waals surface area contributed by atoms with Crippen molar-refractivity contribution in [2.75, 3.05) is 0 Å². The second-order valence-corrected chi connectivity index (χ2v) is 16.4. The maximum atomic E-state index is 13.1. The summed E-state index contributed by atoms with van der Waals surface area (Å²) in [6.45, 7) is 16.9. The Labute approximate surface area is 209 Å². The number of nitrogens with zero attached hydrogens (tertiary/aromatic N) is 3. The minimum atomic E-state index is -1.97. The third-order valence-corrected chi connectivity index (χ3v) is 14.5. The predicted octanol–water partition coefficient (Wildman–Crippen LogP) is 6.23. The average molecular weight is 491 g/mol. The number of rotatable bonds is 9. The summed E-state index contributed by atoms with van der Waals surface area (Å²) in [6.07, 6.45) is 10.1. The quantitative estimate of drug-likeness (QED) is 0.286. The van der Waals surface area contributed by atoms with Gasteiger partial charge >= 0.3 is 0 Å². The van der Waals surface area contributed by atoms with Gasteiger partial charge in [0.1, 0.15) is 5.65 Å². The molecule has 0 fully saturated rings. The van der Waals surface area contributed by atoms with Gasteiger partial charge in [-0.25, -0.2) is 4.98 Å². The van der Waals surface area contributed by atoms with E-state index in [0.717, 1.165) is 41.5 Å². The van der Waals surface area contributed by atoms with Crippen molar-refractivity contribution < 1.29 is 9.59 Å². The van der Waals surface area contributed by atoms with Gasteiger partial charge in [-0.2, -0.15) is 0 Å². The molecule has 0 radical (unpaired) electrons. The van der Waals surface area contributed by atoms with Crippen LogP contribution >= 0.6 is 0 Å². The highest BCUT2D eigenvalue weighted by Gasteiger charge is 2.45. The highest BCUT2D eigenvalue weighted by molar-refractivity contribution is 6.82. The van der Waals surface area contributed by atoms with Crippen LogP contribution in [-0.4, -0.2) is 33.8 Å². The monoisotopic (exact) mass is 490 g/mol. The molecule has 0 unspecified atom stereocenters. The largest absolute Gasteiger partial charge is 0.379 e. The fraction of sp³-hybridized carbons (Fsp3) is 0.464. The number of pyridine rings is 1. The Morgan fingerprint density at radius 3 is 2.23 bits per heavy atom. The molecule has 6 nitrogen and oxygen atoms in total.